The minimum Gasteiger partial charge on any atom is -0.444 e. The van der Waals surface area contributed by atoms with E-state index in [9.17, 15) is 23.9 Å². The number of rotatable bonds is 12. The highest BCUT2D eigenvalue weighted by Crippen LogP contribution is 2.21. The smallest absolute Gasteiger partial charge is 0.408 e. The Morgan fingerprint density at radius 1 is 0.844 bits per heavy atom. The summed E-state index contributed by atoms with van der Waals surface area (Å²) in [4.78, 5) is 40.3. The number of amides is 3. The first-order chi connectivity index (χ1) is 21.1. The van der Waals surface area contributed by atoms with E-state index in [4.69, 9.17) is 4.74 Å². The predicted octanol–water partition coefficient (Wildman–Crippen LogP) is 5.67. The molecule has 3 atom stereocenters. The lowest BCUT2D eigenvalue weighted by atomic mass is 9.93. The van der Waals surface area contributed by atoms with Crippen LogP contribution in [0.1, 0.15) is 63.0 Å². The summed E-state index contributed by atoms with van der Waals surface area (Å²) in [6.07, 6.45) is -1.44. The van der Waals surface area contributed by atoms with E-state index in [2.05, 4.69) is 16.0 Å². The molecule has 0 saturated carbocycles. The number of halogens is 1. The van der Waals surface area contributed by atoms with Crippen molar-refractivity contribution in [3.63, 3.8) is 0 Å². The van der Waals surface area contributed by atoms with Gasteiger partial charge in [-0.25, -0.2) is 9.18 Å². The molecule has 0 bridgehead atoms. The number of aliphatic hydroxyl groups is 1. The van der Waals surface area contributed by atoms with E-state index in [-0.39, 0.29) is 23.9 Å². The van der Waals surface area contributed by atoms with Crippen LogP contribution in [0, 0.1) is 5.82 Å². The van der Waals surface area contributed by atoms with Gasteiger partial charge in [0.15, 0.2) is 0 Å². The van der Waals surface area contributed by atoms with E-state index in [1.807, 2.05) is 51.1 Å². The highest BCUT2D eigenvalue weighted by molar-refractivity contribution is 7.99. The van der Waals surface area contributed by atoms with Crippen molar-refractivity contribution >= 4 is 29.7 Å². The van der Waals surface area contributed by atoms with E-state index in [1.54, 1.807) is 57.2 Å². The molecule has 0 aromatic heterocycles. The van der Waals surface area contributed by atoms with Crippen LogP contribution >= 0.6 is 11.8 Å². The third kappa shape index (κ3) is 12.6. The number of hydrogen-bond donors (Lipinski definition) is 4. The molecule has 3 amide bonds. The van der Waals surface area contributed by atoms with Gasteiger partial charge in [-0.2, -0.15) is 0 Å². The number of thioether (sulfide) groups is 1. The van der Waals surface area contributed by atoms with Gasteiger partial charge in [0.25, 0.3) is 5.91 Å². The van der Waals surface area contributed by atoms with Crippen LogP contribution in [-0.4, -0.2) is 58.1 Å². The number of aliphatic hydroxyl groups excluding tert-OH is 1. The quantitative estimate of drug-likeness (QED) is 0.190. The van der Waals surface area contributed by atoms with Gasteiger partial charge in [-0.05, 0) is 89.4 Å². The van der Waals surface area contributed by atoms with Crippen molar-refractivity contribution in [2.75, 3.05) is 5.75 Å². The highest BCUT2D eigenvalue weighted by Gasteiger charge is 2.30. The van der Waals surface area contributed by atoms with Gasteiger partial charge in [0.05, 0.1) is 12.1 Å². The zero-order valence-electron chi connectivity index (χ0n) is 26.7. The summed E-state index contributed by atoms with van der Waals surface area (Å²) in [7, 11) is 0. The molecule has 10 heteroatoms. The second kappa shape index (κ2) is 15.9. The molecule has 0 heterocycles. The summed E-state index contributed by atoms with van der Waals surface area (Å²) < 4.78 is 18.9. The Balaban J connectivity index is 1.85. The molecule has 3 aromatic rings. The number of carbonyl (C=O) groups is 3. The standard InChI is InChI=1S/C35H44FN3O5S/c1-34(2,3)39-31(41)27-15-11-10-14-24(27)21-30(40)28(20-23-12-8-7-9-13-23)37-32(42)29(38-33(43)44-35(4,5)6)22-45-26-18-16-25(36)17-19-26/h7-19,28-30,40H,20-22H2,1-6H3,(H,37,42)(H,38,43)(H,39,41)/t28-,29+,30+/m0/s1. The summed E-state index contributed by atoms with van der Waals surface area (Å²) in [5.41, 5.74) is 0.728. The van der Waals surface area contributed by atoms with Crippen molar-refractivity contribution in [2.45, 2.75) is 88.6 Å². The molecule has 4 N–H and O–H groups in total. The van der Waals surface area contributed by atoms with Crippen LogP contribution in [0.2, 0.25) is 0 Å². The van der Waals surface area contributed by atoms with Gasteiger partial charge in [-0.1, -0.05) is 48.5 Å². The van der Waals surface area contributed by atoms with Crippen molar-refractivity contribution in [3.05, 3.63) is 101 Å². The van der Waals surface area contributed by atoms with Gasteiger partial charge < -0.3 is 25.8 Å². The first kappa shape index (κ1) is 35.6. The fraction of sp³-hybridized carbons (Fsp3) is 0.400. The Kier molecular flexibility index (Phi) is 12.6. The number of carbonyl (C=O) groups excluding carboxylic acids is 3. The Hall–Kier alpha value is -3.89. The van der Waals surface area contributed by atoms with Gasteiger partial charge in [-0.15, -0.1) is 11.8 Å². The topological polar surface area (TPSA) is 117 Å². The Labute approximate surface area is 269 Å². The molecular formula is C35H44FN3O5S. The minimum atomic E-state index is -1.08. The fourth-order valence-electron chi connectivity index (χ4n) is 4.47. The van der Waals surface area contributed by atoms with Crippen LogP contribution in [0.4, 0.5) is 9.18 Å². The van der Waals surface area contributed by atoms with Gasteiger partial charge in [0.1, 0.15) is 17.5 Å². The predicted molar refractivity (Wildman–Crippen MR) is 176 cm³/mol. The zero-order valence-corrected chi connectivity index (χ0v) is 27.5. The molecule has 0 aliphatic rings. The highest BCUT2D eigenvalue weighted by atomic mass is 32.2. The number of benzene rings is 3. The van der Waals surface area contributed by atoms with Crippen LogP contribution < -0.4 is 16.0 Å². The molecule has 3 rings (SSSR count). The number of hydrogen-bond acceptors (Lipinski definition) is 6. The molecule has 8 nitrogen and oxygen atoms in total. The van der Waals surface area contributed by atoms with E-state index < -0.39 is 41.3 Å². The molecule has 0 saturated heterocycles. The Morgan fingerprint density at radius 2 is 1.47 bits per heavy atom. The molecule has 0 fully saturated rings. The van der Waals surface area contributed by atoms with E-state index in [1.165, 1.54) is 23.9 Å². The summed E-state index contributed by atoms with van der Waals surface area (Å²) in [6.45, 7) is 10.8. The van der Waals surface area contributed by atoms with Crippen LogP contribution in [0.25, 0.3) is 0 Å². The number of ether oxygens (including phenoxy) is 1. The van der Waals surface area contributed by atoms with Crippen LogP contribution in [0.3, 0.4) is 0 Å². The van der Waals surface area contributed by atoms with Gasteiger partial charge in [0.2, 0.25) is 5.91 Å². The Bertz CT molecular complexity index is 1420. The van der Waals surface area contributed by atoms with Gasteiger partial charge in [-0.3, -0.25) is 9.59 Å². The molecule has 0 radical (unpaired) electrons. The van der Waals surface area contributed by atoms with Crippen LogP contribution in [-0.2, 0) is 22.4 Å². The maximum absolute atomic E-state index is 13.8. The summed E-state index contributed by atoms with van der Waals surface area (Å²) in [5, 5.41) is 20.1. The van der Waals surface area contributed by atoms with Crippen molar-refractivity contribution < 1.29 is 28.6 Å². The second-order valence-electron chi connectivity index (χ2n) is 12.9. The Morgan fingerprint density at radius 3 is 2.09 bits per heavy atom. The number of alkyl carbamates (subject to hydrolysis) is 1. The minimum absolute atomic E-state index is 0.0972. The summed E-state index contributed by atoms with van der Waals surface area (Å²) >= 11 is 1.27. The van der Waals surface area contributed by atoms with Crippen molar-refractivity contribution in [1.82, 2.24) is 16.0 Å². The fourth-order valence-corrected chi connectivity index (χ4v) is 5.40. The van der Waals surface area contributed by atoms with Gasteiger partial charge in [0, 0.05) is 28.2 Å². The third-order valence-corrected chi connectivity index (χ3v) is 7.61. The summed E-state index contributed by atoms with van der Waals surface area (Å²) in [5.74, 6) is -1.03. The lowest BCUT2D eigenvalue weighted by molar-refractivity contribution is -0.124. The van der Waals surface area contributed by atoms with E-state index in [0.717, 1.165) is 5.56 Å². The zero-order chi connectivity index (χ0) is 33.2. The normalized spacial score (nSPS) is 13.7. The van der Waals surface area contributed by atoms with Crippen molar-refractivity contribution in [3.8, 4) is 0 Å². The maximum Gasteiger partial charge on any atom is 0.408 e. The molecule has 0 aliphatic carbocycles. The third-order valence-electron chi connectivity index (χ3n) is 6.51. The molecule has 45 heavy (non-hydrogen) atoms. The van der Waals surface area contributed by atoms with Crippen LogP contribution in [0.15, 0.2) is 83.8 Å². The second-order valence-corrected chi connectivity index (χ2v) is 14.0. The molecule has 0 spiro atoms. The maximum atomic E-state index is 13.8. The van der Waals surface area contributed by atoms with Crippen molar-refractivity contribution in [1.29, 1.82) is 0 Å². The lowest BCUT2D eigenvalue weighted by Gasteiger charge is -2.28. The summed E-state index contributed by atoms with van der Waals surface area (Å²) in [6, 6.07) is 20.5. The van der Waals surface area contributed by atoms with E-state index >= 15 is 0 Å². The molecule has 0 aliphatic heterocycles. The largest absolute Gasteiger partial charge is 0.444 e. The molecule has 3 aromatic carbocycles. The average Bonchev–Trinajstić information content (AvgIpc) is 2.94. The average molecular weight is 638 g/mol. The van der Waals surface area contributed by atoms with Gasteiger partial charge >= 0.3 is 6.09 Å². The first-order valence-electron chi connectivity index (χ1n) is 14.9. The SMILES string of the molecule is CC(C)(C)NC(=O)c1ccccc1C[C@@H](O)[C@H](Cc1ccccc1)NC(=O)[C@@H](CSc1ccc(F)cc1)NC(=O)OC(C)(C)C. The monoisotopic (exact) mass is 637 g/mol. The first-order valence-corrected chi connectivity index (χ1v) is 15.9. The molecular weight excluding hydrogens is 593 g/mol. The van der Waals surface area contributed by atoms with Crippen molar-refractivity contribution in [2.24, 2.45) is 0 Å². The molecule has 242 valence electrons. The van der Waals surface area contributed by atoms with Crippen LogP contribution in [0.5, 0.6) is 0 Å². The van der Waals surface area contributed by atoms with E-state index in [0.29, 0.717) is 22.4 Å². The number of nitrogens with one attached hydrogen (secondary N) is 3. The lowest BCUT2D eigenvalue weighted by Crippen LogP contribution is -2.55. The molecule has 0 unspecified atom stereocenters.